The number of hydrogen-bond donors (Lipinski definition) is 1. The summed E-state index contributed by atoms with van der Waals surface area (Å²) >= 11 is 0. The lowest BCUT2D eigenvalue weighted by molar-refractivity contribution is -0.384. The summed E-state index contributed by atoms with van der Waals surface area (Å²) in [5, 5.41) is 14.1. The predicted molar refractivity (Wildman–Crippen MR) is 74.1 cm³/mol. The van der Waals surface area contributed by atoms with Gasteiger partial charge in [0.15, 0.2) is 0 Å². The molecule has 0 heterocycles. The van der Waals surface area contributed by atoms with Crippen molar-refractivity contribution >= 4 is 5.69 Å². The minimum Gasteiger partial charge on any atom is -0.316 e. The van der Waals surface area contributed by atoms with Crippen molar-refractivity contribution in [3.05, 3.63) is 39.9 Å². The number of benzene rings is 1. The first kappa shape index (κ1) is 12.6. The van der Waals surface area contributed by atoms with Crippen LogP contribution >= 0.6 is 0 Å². The van der Waals surface area contributed by atoms with Crippen molar-refractivity contribution in [2.75, 3.05) is 13.1 Å². The van der Waals surface area contributed by atoms with Crippen molar-refractivity contribution in [3.8, 4) is 0 Å². The Morgan fingerprint density at radius 3 is 2.47 bits per heavy atom. The maximum atomic E-state index is 10.6. The number of non-ortho nitro benzene ring substituents is 1. The Morgan fingerprint density at radius 1 is 1.26 bits per heavy atom. The molecule has 0 atom stereocenters. The molecule has 2 aliphatic carbocycles. The average molecular weight is 260 g/mol. The van der Waals surface area contributed by atoms with E-state index in [1.165, 1.54) is 25.7 Å². The highest BCUT2D eigenvalue weighted by Gasteiger charge is 2.52. The minimum atomic E-state index is -0.353. The molecule has 0 radical (unpaired) electrons. The molecular weight excluding hydrogens is 240 g/mol. The standard InChI is InChI=1S/C15H20N2O2/c18-17(19)14-5-1-12(2-6-14)7-10-16-11-15(8-9-15)13-3-4-13/h1-2,5-6,13,16H,3-4,7-11H2. The number of rotatable bonds is 7. The van der Waals surface area contributed by atoms with E-state index in [2.05, 4.69) is 5.32 Å². The van der Waals surface area contributed by atoms with Crippen LogP contribution in [-0.4, -0.2) is 18.0 Å². The van der Waals surface area contributed by atoms with E-state index < -0.39 is 0 Å². The average Bonchev–Trinajstić information content (AvgIpc) is 3.28. The smallest absolute Gasteiger partial charge is 0.269 e. The largest absolute Gasteiger partial charge is 0.316 e. The lowest BCUT2D eigenvalue weighted by Gasteiger charge is -2.14. The summed E-state index contributed by atoms with van der Waals surface area (Å²) in [6, 6.07) is 6.88. The first-order valence-electron chi connectivity index (χ1n) is 7.14. The van der Waals surface area contributed by atoms with Gasteiger partial charge in [-0.1, -0.05) is 12.1 Å². The Morgan fingerprint density at radius 2 is 1.95 bits per heavy atom. The van der Waals surface area contributed by atoms with Gasteiger partial charge in [0.1, 0.15) is 0 Å². The molecule has 0 bridgehead atoms. The highest BCUT2D eigenvalue weighted by atomic mass is 16.6. The van der Waals surface area contributed by atoms with Gasteiger partial charge in [-0.2, -0.15) is 0 Å². The maximum absolute atomic E-state index is 10.6. The van der Waals surface area contributed by atoms with Crippen molar-refractivity contribution in [2.45, 2.75) is 32.1 Å². The molecule has 0 amide bonds. The quantitative estimate of drug-likeness (QED) is 0.466. The summed E-state index contributed by atoms with van der Waals surface area (Å²) in [5.41, 5.74) is 1.98. The van der Waals surface area contributed by atoms with E-state index in [0.29, 0.717) is 5.41 Å². The van der Waals surface area contributed by atoms with Crippen molar-refractivity contribution in [3.63, 3.8) is 0 Å². The molecule has 19 heavy (non-hydrogen) atoms. The molecule has 102 valence electrons. The van der Waals surface area contributed by atoms with Crippen LogP contribution in [0.2, 0.25) is 0 Å². The molecule has 4 nitrogen and oxygen atoms in total. The van der Waals surface area contributed by atoms with E-state index in [1.807, 2.05) is 12.1 Å². The molecule has 4 heteroatoms. The number of nitro groups is 1. The Hall–Kier alpha value is -1.42. The third kappa shape index (κ3) is 2.95. The number of nitrogens with one attached hydrogen (secondary N) is 1. The summed E-state index contributed by atoms with van der Waals surface area (Å²) < 4.78 is 0. The number of hydrogen-bond acceptors (Lipinski definition) is 3. The van der Waals surface area contributed by atoms with Crippen LogP contribution in [0.1, 0.15) is 31.2 Å². The first-order valence-corrected chi connectivity index (χ1v) is 7.14. The number of nitro benzene ring substituents is 1. The van der Waals surface area contributed by atoms with E-state index in [1.54, 1.807) is 12.1 Å². The third-order valence-electron chi connectivity index (χ3n) is 4.55. The molecule has 0 spiro atoms. The molecule has 3 rings (SSSR count). The van der Waals surface area contributed by atoms with Crippen LogP contribution in [0.5, 0.6) is 0 Å². The Kier molecular flexibility index (Phi) is 3.27. The van der Waals surface area contributed by atoms with Gasteiger partial charge in [0.25, 0.3) is 5.69 Å². The molecule has 2 aliphatic rings. The fraction of sp³-hybridized carbons (Fsp3) is 0.600. The molecular formula is C15H20N2O2. The zero-order chi connectivity index (χ0) is 13.3. The van der Waals surface area contributed by atoms with E-state index in [-0.39, 0.29) is 10.6 Å². The summed E-state index contributed by atoms with van der Waals surface area (Å²) in [6.07, 6.45) is 6.62. The lowest BCUT2D eigenvalue weighted by Crippen LogP contribution is -2.27. The van der Waals surface area contributed by atoms with Gasteiger partial charge in [0.2, 0.25) is 0 Å². The Balaban J connectivity index is 1.41. The molecule has 2 saturated carbocycles. The highest BCUT2D eigenvalue weighted by Crippen LogP contribution is 2.60. The van der Waals surface area contributed by atoms with E-state index in [0.717, 1.165) is 31.0 Å². The molecule has 0 aromatic heterocycles. The fourth-order valence-electron chi connectivity index (χ4n) is 2.94. The van der Waals surface area contributed by atoms with E-state index in [4.69, 9.17) is 0 Å². The van der Waals surface area contributed by atoms with Gasteiger partial charge < -0.3 is 5.32 Å². The van der Waals surface area contributed by atoms with Gasteiger partial charge in [-0.05, 0) is 55.5 Å². The van der Waals surface area contributed by atoms with E-state index >= 15 is 0 Å². The second-order valence-corrected chi connectivity index (χ2v) is 5.99. The Labute approximate surface area is 113 Å². The van der Waals surface area contributed by atoms with Crippen molar-refractivity contribution in [1.82, 2.24) is 5.32 Å². The predicted octanol–water partition coefficient (Wildman–Crippen LogP) is 2.92. The van der Waals surface area contributed by atoms with Gasteiger partial charge in [-0.25, -0.2) is 0 Å². The third-order valence-corrected chi connectivity index (χ3v) is 4.55. The van der Waals surface area contributed by atoms with Crippen LogP contribution in [0, 0.1) is 21.4 Å². The fourth-order valence-corrected chi connectivity index (χ4v) is 2.94. The molecule has 0 saturated heterocycles. The van der Waals surface area contributed by atoms with Gasteiger partial charge in [0.05, 0.1) is 4.92 Å². The minimum absolute atomic E-state index is 0.169. The van der Waals surface area contributed by atoms with Crippen LogP contribution in [-0.2, 0) is 6.42 Å². The maximum Gasteiger partial charge on any atom is 0.269 e. The normalized spacial score (nSPS) is 20.2. The molecule has 1 aromatic rings. The second-order valence-electron chi connectivity index (χ2n) is 5.99. The van der Waals surface area contributed by atoms with Gasteiger partial charge in [-0.15, -0.1) is 0 Å². The molecule has 2 fully saturated rings. The van der Waals surface area contributed by atoms with E-state index in [9.17, 15) is 10.1 Å². The topological polar surface area (TPSA) is 55.2 Å². The zero-order valence-electron chi connectivity index (χ0n) is 11.1. The monoisotopic (exact) mass is 260 g/mol. The Bertz CT molecular complexity index is 462. The first-order chi connectivity index (χ1) is 9.20. The summed E-state index contributed by atoms with van der Waals surface area (Å²) in [5.74, 6) is 0.999. The number of nitrogens with zero attached hydrogens (tertiary/aromatic N) is 1. The van der Waals surface area contributed by atoms with Crippen molar-refractivity contribution in [2.24, 2.45) is 11.3 Å². The van der Waals surface area contributed by atoms with Gasteiger partial charge in [0, 0.05) is 18.7 Å². The SMILES string of the molecule is O=[N+]([O-])c1ccc(CCNCC2(C3CC3)CC2)cc1. The van der Waals surface area contributed by atoms with Gasteiger partial charge >= 0.3 is 0 Å². The summed E-state index contributed by atoms with van der Waals surface area (Å²) in [7, 11) is 0. The summed E-state index contributed by atoms with van der Waals surface area (Å²) in [4.78, 5) is 10.2. The molecule has 1 aromatic carbocycles. The second kappa shape index (κ2) is 4.93. The van der Waals surface area contributed by atoms with Crippen LogP contribution in [0.4, 0.5) is 5.69 Å². The zero-order valence-corrected chi connectivity index (χ0v) is 11.1. The van der Waals surface area contributed by atoms with Crippen LogP contribution < -0.4 is 5.32 Å². The summed E-state index contributed by atoms with van der Waals surface area (Å²) in [6.45, 7) is 2.12. The van der Waals surface area contributed by atoms with Crippen molar-refractivity contribution in [1.29, 1.82) is 0 Å². The van der Waals surface area contributed by atoms with Crippen molar-refractivity contribution < 1.29 is 4.92 Å². The molecule has 0 unspecified atom stereocenters. The highest BCUT2D eigenvalue weighted by molar-refractivity contribution is 5.32. The van der Waals surface area contributed by atoms with Crippen LogP contribution in [0.15, 0.2) is 24.3 Å². The molecule has 1 N–H and O–H groups in total. The van der Waals surface area contributed by atoms with Crippen LogP contribution in [0.3, 0.4) is 0 Å². The van der Waals surface area contributed by atoms with Crippen LogP contribution in [0.25, 0.3) is 0 Å². The molecule has 0 aliphatic heterocycles. The lowest BCUT2D eigenvalue weighted by atomic mass is 10.0. The van der Waals surface area contributed by atoms with Gasteiger partial charge in [-0.3, -0.25) is 10.1 Å².